The van der Waals surface area contributed by atoms with E-state index in [1.54, 1.807) is 18.2 Å². The van der Waals surface area contributed by atoms with Crippen LogP contribution in [-0.4, -0.2) is 40.7 Å². The highest BCUT2D eigenvalue weighted by molar-refractivity contribution is 7.86. The monoisotopic (exact) mass is 392 g/mol. The van der Waals surface area contributed by atoms with Crippen molar-refractivity contribution >= 4 is 34.0 Å². The van der Waals surface area contributed by atoms with Gasteiger partial charge in [0.05, 0.1) is 0 Å². The zero-order chi connectivity index (χ0) is 19.2. The molecule has 7 nitrogen and oxygen atoms in total. The first-order valence-corrected chi connectivity index (χ1v) is 9.58. The van der Waals surface area contributed by atoms with E-state index in [1.165, 1.54) is 24.3 Å². The largest absolute Gasteiger partial charge is 0.486 e. The maximum absolute atomic E-state index is 12.8. The van der Waals surface area contributed by atoms with E-state index in [0.717, 1.165) is 0 Å². The highest BCUT2D eigenvalue weighted by atomic mass is 32.2. The Bertz CT molecular complexity index is 873. The van der Waals surface area contributed by atoms with E-state index in [4.69, 9.17) is 9.47 Å². The Labute approximate surface area is 157 Å². The molecule has 0 fully saturated rings. The Morgan fingerprint density at radius 2 is 1.44 bits per heavy atom. The molecule has 0 unspecified atom stereocenters. The van der Waals surface area contributed by atoms with Gasteiger partial charge in [-0.3, -0.25) is 13.8 Å². The van der Waals surface area contributed by atoms with Gasteiger partial charge in [-0.25, -0.2) is 4.39 Å². The van der Waals surface area contributed by atoms with E-state index in [-0.39, 0.29) is 11.5 Å². The quantitative estimate of drug-likeness (QED) is 0.784. The molecule has 0 aliphatic carbocycles. The molecule has 2 aromatic rings. The third kappa shape index (κ3) is 5.52. The van der Waals surface area contributed by atoms with E-state index in [0.29, 0.717) is 36.1 Å². The molecule has 1 aliphatic rings. The first-order valence-electron chi connectivity index (χ1n) is 8.09. The van der Waals surface area contributed by atoms with Gasteiger partial charge >= 0.3 is 0 Å². The summed E-state index contributed by atoms with van der Waals surface area (Å²) < 4.78 is 35.7. The average Bonchev–Trinajstić information content (AvgIpc) is 2.63. The van der Waals surface area contributed by atoms with E-state index in [2.05, 4.69) is 10.6 Å². The van der Waals surface area contributed by atoms with Crippen molar-refractivity contribution in [2.24, 2.45) is 0 Å². The summed E-state index contributed by atoms with van der Waals surface area (Å²) in [5, 5.41) is 5.11. The maximum Gasteiger partial charge on any atom is 0.237 e. The van der Waals surface area contributed by atoms with Crippen molar-refractivity contribution in [2.45, 2.75) is 0 Å². The number of benzene rings is 2. The van der Waals surface area contributed by atoms with Crippen molar-refractivity contribution in [3.05, 3.63) is 48.3 Å². The summed E-state index contributed by atoms with van der Waals surface area (Å²) >= 11 is 0. The third-order valence-corrected chi connectivity index (χ3v) is 4.71. The van der Waals surface area contributed by atoms with Gasteiger partial charge in [-0.05, 0) is 36.4 Å². The first-order chi connectivity index (χ1) is 13.0. The fourth-order valence-corrected chi connectivity index (χ4v) is 3.22. The lowest BCUT2D eigenvalue weighted by Gasteiger charge is -2.19. The minimum Gasteiger partial charge on any atom is -0.486 e. The van der Waals surface area contributed by atoms with Gasteiger partial charge in [0.25, 0.3) is 0 Å². The predicted octanol–water partition coefficient (Wildman–Crippen LogP) is 1.92. The van der Waals surface area contributed by atoms with E-state index in [1.807, 2.05) is 0 Å². The molecule has 1 heterocycles. The molecule has 27 heavy (non-hydrogen) atoms. The molecular formula is C18H17FN2O5S. The Morgan fingerprint density at radius 1 is 0.889 bits per heavy atom. The van der Waals surface area contributed by atoms with Gasteiger partial charge in [0.2, 0.25) is 11.8 Å². The van der Waals surface area contributed by atoms with Gasteiger partial charge in [-0.1, -0.05) is 0 Å². The highest BCUT2D eigenvalue weighted by Crippen LogP contribution is 2.32. The topological polar surface area (TPSA) is 93.7 Å². The first kappa shape index (κ1) is 18.8. The number of ether oxygens (including phenoxy) is 2. The molecule has 2 aromatic carbocycles. The van der Waals surface area contributed by atoms with E-state index < -0.39 is 28.4 Å². The fourth-order valence-electron chi connectivity index (χ4n) is 2.39. The molecule has 142 valence electrons. The number of amides is 2. The molecule has 2 N–H and O–H groups in total. The number of hydrogen-bond donors (Lipinski definition) is 2. The second kappa shape index (κ2) is 8.63. The summed E-state index contributed by atoms with van der Waals surface area (Å²) in [6.45, 7) is 0.898. The predicted molar refractivity (Wildman–Crippen MR) is 99.0 cm³/mol. The number of fused-ring (bicyclic) bond motifs is 1. The van der Waals surface area contributed by atoms with Crippen molar-refractivity contribution in [3.63, 3.8) is 0 Å². The molecule has 1 aliphatic heterocycles. The Kier molecular flexibility index (Phi) is 6.02. The molecule has 1 atom stereocenters. The van der Waals surface area contributed by atoms with Gasteiger partial charge in [0.15, 0.2) is 11.5 Å². The Morgan fingerprint density at radius 3 is 2.11 bits per heavy atom. The number of carbonyl (C=O) groups is 2. The van der Waals surface area contributed by atoms with E-state index in [9.17, 15) is 18.2 Å². The number of halogens is 1. The van der Waals surface area contributed by atoms with Crippen molar-refractivity contribution < 1.29 is 27.7 Å². The van der Waals surface area contributed by atoms with Crippen LogP contribution in [0, 0.1) is 5.82 Å². The van der Waals surface area contributed by atoms with Crippen LogP contribution in [0.15, 0.2) is 42.5 Å². The van der Waals surface area contributed by atoms with Crippen molar-refractivity contribution in [1.29, 1.82) is 0 Å². The number of nitrogens with one attached hydrogen (secondary N) is 2. The smallest absolute Gasteiger partial charge is 0.237 e. The molecule has 0 spiro atoms. The van der Waals surface area contributed by atoms with Crippen molar-refractivity contribution in [1.82, 2.24) is 0 Å². The van der Waals surface area contributed by atoms with Crippen LogP contribution in [-0.2, 0) is 20.4 Å². The van der Waals surface area contributed by atoms with Crippen LogP contribution in [0.5, 0.6) is 11.5 Å². The molecular weight excluding hydrogens is 375 g/mol. The summed E-state index contributed by atoms with van der Waals surface area (Å²) in [6.07, 6.45) is 0. The second-order valence-corrected chi connectivity index (χ2v) is 7.15. The van der Waals surface area contributed by atoms with Gasteiger partial charge in [0.1, 0.15) is 30.5 Å². The fraction of sp³-hybridized carbons (Fsp3) is 0.222. The van der Waals surface area contributed by atoms with Crippen LogP contribution in [0.1, 0.15) is 0 Å². The van der Waals surface area contributed by atoms with Gasteiger partial charge < -0.3 is 20.1 Å². The highest BCUT2D eigenvalue weighted by Gasteiger charge is 2.15. The van der Waals surface area contributed by atoms with Crippen LogP contribution >= 0.6 is 0 Å². The maximum atomic E-state index is 12.8. The molecule has 0 aromatic heterocycles. The Balaban J connectivity index is 1.48. The molecule has 0 saturated heterocycles. The number of carbonyl (C=O) groups excluding carboxylic acids is 2. The zero-order valence-corrected chi connectivity index (χ0v) is 15.0. The molecule has 0 radical (unpaired) electrons. The zero-order valence-electron chi connectivity index (χ0n) is 14.2. The van der Waals surface area contributed by atoms with Gasteiger partial charge in [0, 0.05) is 28.2 Å². The van der Waals surface area contributed by atoms with E-state index >= 15 is 0 Å². The molecule has 0 bridgehead atoms. The van der Waals surface area contributed by atoms with Crippen LogP contribution in [0.2, 0.25) is 0 Å². The minimum atomic E-state index is -1.69. The molecule has 2 amide bonds. The standard InChI is InChI=1S/C18H17FN2O5S/c19-12-1-3-13(4-2-12)20-17(22)10-27(24)11-18(23)21-14-5-6-15-16(9-14)26-8-7-25-15/h1-6,9H,7-8,10-11H2,(H,20,22)(H,21,23)/t27-/m0/s1. The van der Waals surface area contributed by atoms with Crippen LogP contribution in [0.4, 0.5) is 15.8 Å². The minimum absolute atomic E-state index is 0.328. The lowest BCUT2D eigenvalue weighted by molar-refractivity contribution is -0.114. The number of hydrogen-bond acceptors (Lipinski definition) is 5. The lowest BCUT2D eigenvalue weighted by atomic mass is 10.2. The van der Waals surface area contributed by atoms with Crippen molar-refractivity contribution in [2.75, 3.05) is 35.4 Å². The summed E-state index contributed by atoms with van der Waals surface area (Å²) in [7, 11) is -1.69. The van der Waals surface area contributed by atoms with Gasteiger partial charge in [-0.15, -0.1) is 0 Å². The third-order valence-electron chi connectivity index (χ3n) is 3.54. The van der Waals surface area contributed by atoms with Crippen LogP contribution in [0.3, 0.4) is 0 Å². The lowest BCUT2D eigenvalue weighted by Crippen LogP contribution is -2.26. The van der Waals surface area contributed by atoms with Crippen LogP contribution < -0.4 is 20.1 Å². The normalized spacial score (nSPS) is 13.5. The second-order valence-electron chi connectivity index (χ2n) is 5.69. The molecule has 3 rings (SSSR count). The summed E-state index contributed by atoms with van der Waals surface area (Å²) in [5.74, 6) is -0.977. The molecule has 9 heteroatoms. The number of rotatable bonds is 6. The summed E-state index contributed by atoms with van der Waals surface area (Å²) in [5.41, 5.74) is 0.871. The van der Waals surface area contributed by atoms with Gasteiger partial charge in [-0.2, -0.15) is 0 Å². The Hall–Kier alpha value is -2.94. The SMILES string of the molecule is O=C(C[S@](=O)CC(=O)Nc1ccc2c(c1)OCCO2)Nc1ccc(F)cc1. The summed E-state index contributed by atoms with van der Waals surface area (Å²) in [6, 6.07) is 10.1. The average molecular weight is 392 g/mol. The van der Waals surface area contributed by atoms with Crippen LogP contribution in [0.25, 0.3) is 0 Å². The number of anilines is 2. The van der Waals surface area contributed by atoms with Crippen molar-refractivity contribution in [3.8, 4) is 11.5 Å². The summed E-state index contributed by atoms with van der Waals surface area (Å²) in [4.78, 5) is 23.9. The molecule has 0 saturated carbocycles.